The number of hydrogen-bond acceptors (Lipinski definition) is 5. The molecule has 0 aliphatic carbocycles. The van der Waals surface area contributed by atoms with Gasteiger partial charge >= 0.3 is 0 Å². The van der Waals surface area contributed by atoms with Crippen LogP contribution in [-0.2, 0) is 0 Å². The Labute approximate surface area is 165 Å². The molecule has 0 atom stereocenters. The lowest BCUT2D eigenvalue weighted by molar-refractivity contribution is 0.102. The van der Waals surface area contributed by atoms with E-state index in [2.05, 4.69) is 20.6 Å². The summed E-state index contributed by atoms with van der Waals surface area (Å²) in [7, 11) is 0. The number of nitrogens with zero attached hydrogens (tertiary/aromatic N) is 2. The topological polar surface area (TPSA) is 66.9 Å². The number of nitrogens with one attached hydrogen (secondary N) is 2. The molecule has 27 heavy (non-hydrogen) atoms. The van der Waals surface area contributed by atoms with E-state index in [9.17, 15) is 4.79 Å². The number of thiazole rings is 1. The Morgan fingerprint density at radius 2 is 1.89 bits per heavy atom. The summed E-state index contributed by atoms with van der Waals surface area (Å²) in [5, 5.41) is 9.83. The van der Waals surface area contributed by atoms with E-state index in [1.807, 2.05) is 55.5 Å². The summed E-state index contributed by atoms with van der Waals surface area (Å²) in [6, 6.07) is 17.2. The van der Waals surface area contributed by atoms with E-state index in [1.165, 1.54) is 11.3 Å². The van der Waals surface area contributed by atoms with Crippen molar-refractivity contribution in [3.63, 3.8) is 0 Å². The molecule has 2 heterocycles. The minimum Gasteiger partial charge on any atom is -0.319 e. The Hall–Kier alpha value is -2.96. The van der Waals surface area contributed by atoms with Gasteiger partial charge in [-0.15, -0.1) is 11.3 Å². The number of carbonyl (C=O) groups is 1. The largest absolute Gasteiger partial charge is 0.319 e. The highest BCUT2D eigenvalue weighted by Crippen LogP contribution is 2.27. The van der Waals surface area contributed by atoms with Gasteiger partial charge in [0.05, 0.1) is 16.2 Å². The Morgan fingerprint density at radius 1 is 1.04 bits per heavy atom. The van der Waals surface area contributed by atoms with Gasteiger partial charge < -0.3 is 10.6 Å². The summed E-state index contributed by atoms with van der Waals surface area (Å²) >= 11 is 7.51. The smallest absolute Gasteiger partial charge is 0.275 e. The first-order valence-electron chi connectivity index (χ1n) is 8.25. The van der Waals surface area contributed by atoms with Gasteiger partial charge in [0, 0.05) is 10.8 Å². The fourth-order valence-corrected chi connectivity index (χ4v) is 3.62. The Kier molecular flexibility index (Phi) is 4.75. The molecular weight excluding hydrogens is 380 g/mol. The van der Waals surface area contributed by atoms with Crippen LogP contribution in [0.4, 0.5) is 16.6 Å². The zero-order chi connectivity index (χ0) is 18.8. The maximum atomic E-state index is 12.5. The summed E-state index contributed by atoms with van der Waals surface area (Å²) < 4.78 is 0. The number of fused-ring (bicyclic) bond motifs is 1. The van der Waals surface area contributed by atoms with Crippen LogP contribution in [0.2, 0.25) is 5.02 Å². The third-order valence-electron chi connectivity index (χ3n) is 4.03. The first kappa shape index (κ1) is 17.5. The van der Waals surface area contributed by atoms with Crippen LogP contribution in [0, 0.1) is 6.92 Å². The minimum absolute atomic E-state index is 0.304. The molecule has 0 radical (unpaired) electrons. The van der Waals surface area contributed by atoms with Crippen LogP contribution in [0.25, 0.3) is 10.9 Å². The van der Waals surface area contributed by atoms with Gasteiger partial charge in [-0.2, -0.15) is 0 Å². The highest BCUT2D eigenvalue weighted by atomic mass is 35.5. The molecule has 2 aromatic heterocycles. The van der Waals surface area contributed by atoms with E-state index in [0.29, 0.717) is 27.4 Å². The zero-order valence-electron chi connectivity index (χ0n) is 14.4. The zero-order valence-corrected chi connectivity index (χ0v) is 15.9. The quantitative estimate of drug-likeness (QED) is 0.469. The second-order valence-electron chi connectivity index (χ2n) is 5.94. The lowest BCUT2D eigenvalue weighted by atomic mass is 10.2. The molecule has 0 aliphatic heterocycles. The lowest BCUT2D eigenvalue weighted by Crippen LogP contribution is -2.13. The minimum atomic E-state index is -0.304. The highest BCUT2D eigenvalue weighted by molar-refractivity contribution is 7.14. The molecule has 0 spiro atoms. The normalized spacial score (nSPS) is 10.7. The summed E-state index contributed by atoms with van der Waals surface area (Å²) in [4.78, 5) is 21.4. The van der Waals surface area contributed by atoms with Gasteiger partial charge in [0.15, 0.2) is 5.13 Å². The Bertz CT molecular complexity index is 1120. The molecule has 134 valence electrons. The van der Waals surface area contributed by atoms with Crippen molar-refractivity contribution in [3.05, 3.63) is 76.3 Å². The Morgan fingerprint density at radius 3 is 2.74 bits per heavy atom. The molecule has 0 saturated carbocycles. The number of anilines is 3. The molecule has 4 rings (SSSR count). The van der Waals surface area contributed by atoms with E-state index in [-0.39, 0.29) is 5.91 Å². The van der Waals surface area contributed by atoms with Gasteiger partial charge in [-0.05, 0) is 36.8 Å². The number of amides is 1. The van der Waals surface area contributed by atoms with Crippen molar-refractivity contribution < 1.29 is 4.79 Å². The molecule has 0 bridgehead atoms. The highest BCUT2D eigenvalue weighted by Gasteiger charge is 2.14. The van der Waals surface area contributed by atoms with Gasteiger partial charge in [-0.1, -0.05) is 41.9 Å². The second-order valence-corrected chi connectivity index (χ2v) is 7.20. The van der Waals surface area contributed by atoms with Crippen LogP contribution in [0.5, 0.6) is 0 Å². The van der Waals surface area contributed by atoms with Crippen molar-refractivity contribution in [2.75, 3.05) is 10.6 Å². The number of benzene rings is 2. The SMILES string of the molecule is Cc1cccc(Cl)c1NC(=O)c1csc(Nc2ccc3ccccc3n2)n1. The molecule has 0 saturated heterocycles. The Balaban J connectivity index is 1.51. The van der Waals surface area contributed by atoms with E-state index in [0.717, 1.165) is 16.5 Å². The molecule has 5 nitrogen and oxygen atoms in total. The van der Waals surface area contributed by atoms with Gasteiger partial charge in [-0.25, -0.2) is 9.97 Å². The number of pyridine rings is 1. The van der Waals surface area contributed by atoms with E-state index in [4.69, 9.17) is 11.6 Å². The van der Waals surface area contributed by atoms with Crippen LogP contribution in [-0.4, -0.2) is 15.9 Å². The van der Waals surface area contributed by atoms with Crippen molar-refractivity contribution in [1.82, 2.24) is 9.97 Å². The molecule has 0 unspecified atom stereocenters. The van der Waals surface area contributed by atoms with E-state index < -0.39 is 0 Å². The van der Waals surface area contributed by atoms with E-state index in [1.54, 1.807) is 11.4 Å². The van der Waals surface area contributed by atoms with Crippen LogP contribution in [0.1, 0.15) is 16.1 Å². The standard InChI is InChI=1S/C20H15ClN4OS/c1-12-5-4-7-14(21)18(12)25-19(26)16-11-27-20(23-16)24-17-10-9-13-6-2-3-8-15(13)22-17/h2-11H,1H3,(H,25,26)(H,22,23,24). The van der Waals surface area contributed by atoms with Crippen molar-refractivity contribution in [2.24, 2.45) is 0 Å². The number of hydrogen-bond donors (Lipinski definition) is 2. The predicted molar refractivity (Wildman–Crippen MR) is 111 cm³/mol. The second kappa shape index (κ2) is 7.34. The van der Waals surface area contributed by atoms with Crippen molar-refractivity contribution >= 4 is 56.4 Å². The van der Waals surface area contributed by atoms with Crippen LogP contribution < -0.4 is 10.6 Å². The summed E-state index contributed by atoms with van der Waals surface area (Å²) in [5.74, 6) is 0.374. The fourth-order valence-electron chi connectivity index (χ4n) is 2.65. The predicted octanol–water partition coefficient (Wildman–Crippen LogP) is 5.65. The van der Waals surface area contributed by atoms with Gasteiger partial charge in [0.25, 0.3) is 5.91 Å². The van der Waals surface area contributed by atoms with Crippen molar-refractivity contribution in [1.29, 1.82) is 0 Å². The first-order valence-corrected chi connectivity index (χ1v) is 9.51. The maximum absolute atomic E-state index is 12.5. The maximum Gasteiger partial charge on any atom is 0.275 e. The molecule has 2 N–H and O–H groups in total. The first-order chi connectivity index (χ1) is 13.1. The molecule has 0 fully saturated rings. The summed E-state index contributed by atoms with van der Waals surface area (Å²) in [6.45, 7) is 1.89. The van der Waals surface area contributed by atoms with Crippen molar-refractivity contribution in [3.8, 4) is 0 Å². The summed E-state index contributed by atoms with van der Waals surface area (Å²) in [6.07, 6.45) is 0. The van der Waals surface area contributed by atoms with Crippen LogP contribution in [0.15, 0.2) is 60.0 Å². The van der Waals surface area contributed by atoms with Gasteiger partial charge in [0.1, 0.15) is 11.5 Å². The number of para-hydroxylation sites is 2. The van der Waals surface area contributed by atoms with Crippen LogP contribution in [0.3, 0.4) is 0 Å². The molecule has 1 amide bonds. The number of rotatable bonds is 4. The number of aromatic nitrogens is 2. The molecule has 0 aliphatic rings. The molecule has 2 aromatic carbocycles. The lowest BCUT2D eigenvalue weighted by Gasteiger charge is -2.08. The fraction of sp³-hybridized carbons (Fsp3) is 0.0500. The number of halogens is 1. The molecule has 4 aromatic rings. The third-order valence-corrected chi connectivity index (χ3v) is 5.10. The number of carbonyl (C=O) groups excluding carboxylic acids is 1. The number of aryl methyl sites for hydroxylation is 1. The van der Waals surface area contributed by atoms with Crippen molar-refractivity contribution in [2.45, 2.75) is 6.92 Å². The molecular formula is C20H15ClN4OS. The summed E-state index contributed by atoms with van der Waals surface area (Å²) in [5.41, 5.74) is 2.71. The molecule has 7 heteroatoms. The van der Waals surface area contributed by atoms with E-state index >= 15 is 0 Å². The average Bonchev–Trinajstić information content (AvgIpc) is 3.13. The average molecular weight is 395 g/mol. The van der Waals surface area contributed by atoms with Gasteiger partial charge in [0.2, 0.25) is 0 Å². The van der Waals surface area contributed by atoms with Crippen LogP contribution >= 0.6 is 22.9 Å². The monoisotopic (exact) mass is 394 g/mol. The van der Waals surface area contributed by atoms with Gasteiger partial charge in [-0.3, -0.25) is 4.79 Å². The third kappa shape index (κ3) is 3.77.